The largest absolute Gasteiger partial charge is 0.508 e. The Hall–Kier alpha value is -1.51. The van der Waals surface area contributed by atoms with Gasteiger partial charge in [-0.15, -0.1) is 24.0 Å². The molecule has 0 radical (unpaired) electrons. The molecular formula is C15H23IN4O2. The van der Waals surface area contributed by atoms with E-state index < -0.39 is 0 Å². The second kappa shape index (κ2) is 9.50. The van der Waals surface area contributed by atoms with Crippen LogP contribution >= 0.6 is 24.0 Å². The summed E-state index contributed by atoms with van der Waals surface area (Å²) in [5.74, 6) is 0.793. The van der Waals surface area contributed by atoms with Gasteiger partial charge in [-0.25, -0.2) is 0 Å². The van der Waals surface area contributed by atoms with Crippen LogP contribution in [0.25, 0.3) is 0 Å². The lowest BCUT2D eigenvalue weighted by atomic mass is 10.2. The highest BCUT2D eigenvalue weighted by Gasteiger charge is 2.21. The molecule has 4 N–H and O–H groups in total. The van der Waals surface area contributed by atoms with Crippen molar-refractivity contribution in [2.45, 2.75) is 25.8 Å². The number of benzene rings is 1. The first-order valence-electron chi connectivity index (χ1n) is 7.31. The van der Waals surface area contributed by atoms with E-state index in [1.807, 2.05) is 6.92 Å². The number of hydrogen-bond acceptors (Lipinski definition) is 3. The van der Waals surface area contributed by atoms with E-state index in [0.29, 0.717) is 24.7 Å². The van der Waals surface area contributed by atoms with Gasteiger partial charge in [-0.2, -0.15) is 0 Å². The third-order valence-corrected chi connectivity index (χ3v) is 3.06. The number of nitrogens with one attached hydrogen (secondary N) is 3. The smallest absolute Gasteiger partial charge is 0.251 e. The van der Waals surface area contributed by atoms with Gasteiger partial charge in [0.05, 0.1) is 6.54 Å². The Morgan fingerprint density at radius 2 is 1.95 bits per heavy atom. The normalized spacial score (nSPS) is 14.0. The third kappa shape index (κ3) is 6.50. The lowest BCUT2D eigenvalue weighted by molar-refractivity contribution is 0.0955. The van der Waals surface area contributed by atoms with Crippen LogP contribution in [-0.2, 0) is 0 Å². The highest BCUT2D eigenvalue weighted by atomic mass is 127. The number of guanidine groups is 1. The monoisotopic (exact) mass is 418 g/mol. The van der Waals surface area contributed by atoms with Crippen molar-refractivity contribution in [3.8, 4) is 5.75 Å². The summed E-state index contributed by atoms with van der Waals surface area (Å²) in [6, 6.07) is 6.72. The van der Waals surface area contributed by atoms with Gasteiger partial charge in [0, 0.05) is 24.7 Å². The Bertz CT molecular complexity index is 501. The summed E-state index contributed by atoms with van der Waals surface area (Å²) in [6.07, 6.45) is 2.39. The second-order valence-electron chi connectivity index (χ2n) is 4.98. The standard InChI is InChI=1S/C15H22N4O2.HI/c1-2-16-15(19-12-5-6-12)18-10-9-17-14(21)11-3-7-13(20)8-4-11;/h3-4,7-8,12,20H,2,5-6,9-10H2,1H3,(H,17,21)(H2,16,18,19);1H. The number of carbonyl (C=O) groups is 1. The SMILES string of the molecule is CCNC(=NCCNC(=O)c1ccc(O)cc1)NC1CC1.I. The van der Waals surface area contributed by atoms with E-state index in [2.05, 4.69) is 20.9 Å². The molecule has 1 aromatic carbocycles. The number of aromatic hydroxyl groups is 1. The molecular weight excluding hydrogens is 395 g/mol. The molecule has 0 unspecified atom stereocenters. The molecule has 1 aliphatic carbocycles. The number of nitrogens with zero attached hydrogens (tertiary/aromatic N) is 1. The van der Waals surface area contributed by atoms with Crippen LogP contribution < -0.4 is 16.0 Å². The van der Waals surface area contributed by atoms with Gasteiger partial charge in [-0.1, -0.05) is 0 Å². The van der Waals surface area contributed by atoms with Crippen molar-refractivity contribution in [2.75, 3.05) is 19.6 Å². The molecule has 0 bridgehead atoms. The Kier molecular flexibility index (Phi) is 8.00. The van der Waals surface area contributed by atoms with Crippen LogP contribution in [0.4, 0.5) is 0 Å². The van der Waals surface area contributed by atoms with E-state index in [4.69, 9.17) is 0 Å². The van der Waals surface area contributed by atoms with Gasteiger partial charge >= 0.3 is 0 Å². The summed E-state index contributed by atoms with van der Waals surface area (Å²) in [6.45, 7) is 3.84. The summed E-state index contributed by atoms with van der Waals surface area (Å²) in [7, 11) is 0. The molecule has 0 heterocycles. The molecule has 7 heteroatoms. The van der Waals surface area contributed by atoms with Gasteiger partial charge in [-0.3, -0.25) is 9.79 Å². The number of halogens is 1. The minimum Gasteiger partial charge on any atom is -0.508 e. The predicted molar refractivity (Wildman–Crippen MR) is 98.0 cm³/mol. The average Bonchev–Trinajstić information content (AvgIpc) is 3.28. The third-order valence-electron chi connectivity index (χ3n) is 3.06. The summed E-state index contributed by atoms with van der Waals surface area (Å²) >= 11 is 0. The molecule has 0 saturated heterocycles. The quantitative estimate of drug-likeness (QED) is 0.244. The zero-order chi connectivity index (χ0) is 15.1. The zero-order valence-corrected chi connectivity index (χ0v) is 15.0. The minimum absolute atomic E-state index is 0. The second-order valence-corrected chi connectivity index (χ2v) is 4.98. The van der Waals surface area contributed by atoms with Crippen molar-refractivity contribution in [3.05, 3.63) is 29.8 Å². The minimum atomic E-state index is -0.162. The lowest BCUT2D eigenvalue weighted by Crippen LogP contribution is -2.39. The number of amides is 1. The summed E-state index contributed by atoms with van der Waals surface area (Å²) in [5.41, 5.74) is 0.528. The van der Waals surface area contributed by atoms with E-state index in [9.17, 15) is 9.90 Å². The Labute approximate surface area is 147 Å². The van der Waals surface area contributed by atoms with E-state index in [0.717, 1.165) is 12.5 Å². The maximum Gasteiger partial charge on any atom is 0.251 e. The van der Waals surface area contributed by atoms with Gasteiger partial charge in [0.1, 0.15) is 5.75 Å². The van der Waals surface area contributed by atoms with Crippen LogP contribution in [0.15, 0.2) is 29.3 Å². The van der Waals surface area contributed by atoms with E-state index in [1.54, 1.807) is 12.1 Å². The average molecular weight is 418 g/mol. The molecule has 0 spiro atoms. The number of hydrogen-bond donors (Lipinski definition) is 4. The highest BCUT2D eigenvalue weighted by molar-refractivity contribution is 14.0. The number of rotatable bonds is 6. The topological polar surface area (TPSA) is 85.8 Å². The molecule has 0 aromatic heterocycles. The fourth-order valence-corrected chi connectivity index (χ4v) is 1.79. The van der Waals surface area contributed by atoms with Crippen molar-refractivity contribution < 1.29 is 9.90 Å². The molecule has 22 heavy (non-hydrogen) atoms. The van der Waals surface area contributed by atoms with Gasteiger partial charge in [0.15, 0.2) is 5.96 Å². The maximum absolute atomic E-state index is 11.8. The van der Waals surface area contributed by atoms with Crippen molar-refractivity contribution in [1.82, 2.24) is 16.0 Å². The maximum atomic E-state index is 11.8. The van der Waals surface area contributed by atoms with Crippen LogP contribution in [0.3, 0.4) is 0 Å². The molecule has 1 amide bonds. The Morgan fingerprint density at radius 1 is 1.27 bits per heavy atom. The number of phenols is 1. The van der Waals surface area contributed by atoms with E-state index in [-0.39, 0.29) is 35.6 Å². The van der Waals surface area contributed by atoms with Crippen LogP contribution in [0, 0.1) is 0 Å². The Balaban J connectivity index is 0.00000242. The summed E-state index contributed by atoms with van der Waals surface area (Å²) in [4.78, 5) is 16.3. The molecule has 1 aliphatic rings. The van der Waals surface area contributed by atoms with Crippen LogP contribution in [0.1, 0.15) is 30.1 Å². The van der Waals surface area contributed by atoms with E-state index >= 15 is 0 Å². The molecule has 0 aliphatic heterocycles. The first-order valence-corrected chi connectivity index (χ1v) is 7.31. The zero-order valence-electron chi connectivity index (χ0n) is 12.6. The molecule has 1 aromatic rings. The Morgan fingerprint density at radius 3 is 2.55 bits per heavy atom. The van der Waals surface area contributed by atoms with E-state index in [1.165, 1.54) is 25.0 Å². The number of carbonyl (C=O) groups excluding carboxylic acids is 1. The lowest BCUT2D eigenvalue weighted by Gasteiger charge is -2.10. The molecule has 1 fully saturated rings. The van der Waals surface area contributed by atoms with Crippen molar-refractivity contribution in [2.24, 2.45) is 4.99 Å². The number of phenolic OH excluding ortho intramolecular Hbond substituents is 1. The first kappa shape index (κ1) is 18.5. The van der Waals surface area contributed by atoms with Crippen molar-refractivity contribution >= 4 is 35.8 Å². The van der Waals surface area contributed by atoms with Gasteiger partial charge in [-0.05, 0) is 44.0 Å². The van der Waals surface area contributed by atoms with Crippen molar-refractivity contribution in [3.63, 3.8) is 0 Å². The highest BCUT2D eigenvalue weighted by Crippen LogP contribution is 2.18. The fraction of sp³-hybridized carbons (Fsp3) is 0.467. The van der Waals surface area contributed by atoms with Crippen LogP contribution in [0.5, 0.6) is 5.75 Å². The first-order chi connectivity index (χ1) is 10.2. The van der Waals surface area contributed by atoms with Gasteiger partial charge < -0.3 is 21.1 Å². The molecule has 122 valence electrons. The summed E-state index contributed by atoms with van der Waals surface area (Å²) in [5, 5.41) is 18.5. The van der Waals surface area contributed by atoms with Crippen molar-refractivity contribution in [1.29, 1.82) is 0 Å². The van der Waals surface area contributed by atoms with Crippen LogP contribution in [-0.4, -0.2) is 42.6 Å². The number of aliphatic imine (C=N–C) groups is 1. The van der Waals surface area contributed by atoms with Gasteiger partial charge in [0.2, 0.25) is 0 Å². The van der Waals surface area contributed by atoms with Crippen LogP contribution in [0.2, 0.25) is 0 Å². The molecule has 1 saturated carbocycles. The van der Waals surface area contributed by atoms with Gasteiger partial charge in [0.25, 0.3) is 5.91 Å². The molecule has 6 nitrogen and oxygen atoms in total. The fourth-order valence-electron chi connectivity index (χ4n) is 1.79. The molecule has 0 atom stereocenters. The predicted octanol–water partition coefficient (Wildman–Crippen LogP) is 1.46. The molecule has 2 rings (SSSR count). The summed E-state index contributed by atoms with van der Waals surface area (Å²) < 4.78 is 0.